The molecule has 0 bridgehead atoms. The molecule has 118 valence electrons. The van der Waals surface area contributed by atoms with Crippen LogP contribution >= 0.6 is 0 Å². The predicted octanol–water partition coefficient (Wildman–Crippen LogP) is 0.583. The molecule has 7 heteroatoms. The van der Waals surface area contributed by atoms with Crippen LogP contribution in [-0.2, 0) is 11.8 Å². The number of hydrogen-bond acceptors (Lipinski definition) is 5. The molecule has 7 nitrogen and oxygen atoms in total. The third-order valence-corrected chi connectivity index (χ3v) is 3.80. The zero-order valence-electron chi connectivity index (χ0n) is 13.0. The average Bonchev–Trinajstić information content (AvgIpc) is 2.86. The number of carbonyl (C=O) groups excluding carboxylic acids is 1. The first-order valence-electron chi connectivity index (χ1n) is 7.42. The number of ether oxygens (including phenoxy) is 1. The Balaban J connectivity index is 2.00. The molecule has 2 atom stereocenters. The van der Waals surface area contributed by atoms with E-state index in [0.29, 0.717) is 19.7 Å². The molecule has 1 aromatic heterocycles. The highest BCUT2D eigenvalue weighted by Crippen LogP contribution is 2.24. The molecule has 2 rings (SSSR count). The Labute approximate surface area is 125 Å². The quantitative estimate of drug-likeness (QED) is 0.879. The van der Waals surface area contributed by atoms with E-state index in [1.807, 2.05) is 33.3 Å². The van der Waals surface area contributed by atoms with Crippen molar-refractivity contribution >= 4 is 6.09 Å². The van der Waals surface area contributed by atoms with Gasteiger partial charge < -0.3 is 15.4 Å². The maximum atomic E-state index is 11.7. The number of piperazine rings is 1. The summed E-state index contributed by atoms with van der Waals surface area (Å²) in [6.07, 6.45) is 3.65. The van der Waals surface area contributed by atoms with Gasteiger partial charge in [-0.3, -0.25) is 9.58 Å². The summed E-state index contributed by atoms with van der Waals surface area (Å²) < 4.78 is 6.83. The maximum absolute atomic E-state index is 11.7. The molecule has 1 aromatic rings. The van der Waals surface area contributed by atoms with Gasteiger partial charge in [-0.05, 0) is 13.8 Å². The predicted molar refractivity (Wildman–Crippen MR) is 79.8 cm³/mol. The molecule has 0 aromatic carbocycles. The van der Waals surface area contributed by atoms with Gasteiger partial charge in [0.2, 0.25) is 0 Å². The van der Waals surface area contributed by atoms with E-state index in [1.54, 1.807) is 9.58 Å². The number of nitrogens with two attached hydrogens (primary N) is 1. The van der Waals surface area contributed by atoms with Crippen LogP contribution in [0.1, 0.15) is 25.5 Å². The van der Waals surface area contributed by atoms with Gasteiger partial charge in [0.15, 0.2) is 0 Å². The molecular formula is C14H25N5O2. The Morgan fingerprint density at radius 1 is 1.43 bits per heavy atom. The third-order valence-electron chi connectivity index (χ3n) is 3.80. The van der Waals surface area contributed by atoms with Crippen LogP contribution in [0.5, 0.6) is 0 Å². The van der Waals surface area contributed by atoms with E-state index < -0.39 is 0 Å². The fourth-order valence-corrected chi connectivity index (χ4v) is 2.84. The van der Waals surface area contributed by atoms with Crippen LogP contribution in [-0.4, -0.2) is 64.5 Å². The van der Waals surface area contributed by atoms with Crippen molar-refractivity contribution in [2.24, 2.45) is 12.8 Å². The molecule has 1 amide bonds. The second-order valence-electron chi connectivity index (χ2n) is 5.47. The Hall–Kier alpha value is -1.60. The highest BCUT2D eigenvalue weighted by Gasteiger charge is 2.30. The number of nitrogens with zero attached hydrogens (tertiary/aromatic N) is 4. The van der Waals surface area contributed by atoms with Crippen LogP contribution in [0, 0.1) is 0 Å². The number of aromatic nitrogens is 2. The fourth-order valence-electron chi connectivity index (χ4n) is 2.84. The van der Waals surface area contributed by atoms with Gasteiger partial charge >= 0.3 is 6.09 Å². The standard InChI is InChI=1S/C14H25N5O2/c1-4-21-14(20)19-7-5-18(6-8-19)13(11(2)15)12-9-16-17(3)10-12/h9-11,13H,4-8,15H2,1-3H3. The summed E-state index contributed by atoms with van der Waals surface area (Å²) in [5.74, 6) is 0. The second kappa shape index (κ2) is 6.91. The summed E-state index contributed by atoms with van der Waals surface area (Å²) in [5.41, 5.74) is 7.29. The van der Waals surface area contributed by atoms with Crippen LogP contribution < -0.4 is 5.73 Å². The first kappa shape index (κ1) is 15.8. The van der Waals surface area contributed by atoms with Gasteiger partial charge in [-0.25, -0.2) is 4.79 Å². The molecule has 21 heavy (non-hydrogen) atoms. The lowest BCUT2D eigenvalue weighted by Crippen LogP contribution is -2.52. The molecule has 1 aliphatic rings. The maximum Gasteiger partial charge on any atom is 0.409 e. The van der Waals surface area contributed by atoms with Crippen molar-refractivity contribution in [2.75, 3.05) is 32.8 Å². The lowest BCUT2D eigenvalue weighted by Gasteiger charge is -2.40. The minimum Gasteiger partial charge on any atom is -0.450 e. The van der Waals surface area contributed by atoms with Gasteiger partial charge in [-0.2, -0.15) is 5.10 Å². The summed E-state index contributed by atoms with van der Waals surface area (Å²) in [5, 5.41) is 4.23. The van der Waals surface area contributed by atoms with Gasteiger partial charge in [0.25, 0.3) is 0 Å². The number of hydrogen-bond donors (Lipinski definition) is 1. The molecule has 2 unspecified atom stereocenters. The Morgan fingerprint density at radius 3 is 2.57 bits per heavy atom. The van der Waals surface area contributed by atoms with Crippen molar-refractivity contribution in [1.29, 1.82) is 0 Å². The van der Waals surface area contributed by atoms with Crippen molar-refractivity contribution in [1.82, 2.24) is 19.6 Å². The van der Waals surface area contributed by atoms with E-state index in [9.17, 15) is 4.79 Å². The molecule has 1 saturated heterocycles. The molecule has 0 saturated carbocycles. The third kappa shape index (κ3) is 3.74. The van der Waals surface area contributed by atoms with Crippen molar-refractivity contribution in [3.8, 4) is 0 Å². The van der Waals surface area contributed by atoms with Crippen LogP contribution in [0.25, 0.3) is 0 Å². The highest BCUT2D eigenvalue weighted by atomic mass is 16.6. The normalized spacial score (nSPS) is 19.3. The lowest BCUT2D eigenvalue weighted by atomic mass is 10.0. The van der Waals surface area contributed by atoms with Gasteiger partial charge in [0, 0.05) is 51.0 Å². The molecule has 0 aliphatic carbocycles. The van der Waals surface area contributed by atoms with E-state index in [0.717, 1.165) is 18.7 Å². The first-order chi connectivity index (χ1) is 10.0. The van der Waals surface area contributed by atoms with Gasteiger partial charge in [0.05, 0.1) is 18.8 Å². The average molecular weight is 295 g/mol. The monoisotopic (exact) mass is 295 g/mol. The summed E-state index contributed by atoms with van der Waals surface area (Å²) >= 11 is 0. The Bertz CT molecular complexity index is 466. The highest BCUT2D eigenvalue weighted by molar-refractivity contribution is 5.67. The molecule has 1 fully saturated rings. The zero-order chi connectivity index (χ0) is 15.4. The smallest absolute Gasteiger partial charge is 0.409 e. The van der Waals surface area contributed by atoms with Gasteiger partial charge in [-0.15, -0.1) is 0 Å². The van der Waals surface area contributed by atoms with Crippen molar-refractivity contribution < 1.29 is 9.53 Å². The Morgan fingerprint density at radius 2 is 2.10 bits per heavy atom. The van der Waals surface area contributed by atoms with Crippen LogP contribution in [0.2, 0.25) is 0 Å². The molecule has 2 heterocycles. The van der Waals surface area contributed by atoms with E-state index in [2.05, 4.69) is 10.00 Å². The first-order valence-corrected chi connectivity index (χ1v) is 7.42. The van der Waals surface area contributed by atoms with E-state index in [-0.39, 0.29) is 18.2 Å². The molecule has 2 N–H and O–H groups in total. The molecular weight excluding hydrogens is 270 g/mol. The van der Waals surface area contributed by atoms with Crippen LogP contribution in [0.15, 0.2) is 12.4 Å². The fraction of sp³-hybridized carbons (Fsp3) is 0.714. The molecule has 0 spiro atoms. The van der Waals surface area contributed by atoms with Crippen LogP contribution in [0.4, 0.5) is 4.79 Å². The van der Waals surface area contributed by atoms with Gasteiger partial charge in [0.1, 0.15) is 0 Å². The summed E-state index contributed by atoms with van der Waals surface area (Å²) in [4.78, 5) is 15.8. The summed E-state index contributed by atoms with van der Waals surface area (Å²) in [6.45, 7) is 7.17. The zero-order valence-corrected chi connectivity index (χ0v) is 13.0. The van der Waals surface area contributed by atoms with E-state index in [1.165, 1.54) is 0 Å². The summed E-state index contributed by atoms with van der Waals surface area (Å²) in [7, 11) is 1.90. The van der Waals surface area contributed by atoms with E-state index >= 15 is 0 Å². The molecule has 0 radical (unpaired) electrons. The number of aryl methyl sites for hydroxylation is 1. The minimum atomic E-state index is -0.226. The largest absolute Gasteiger partial charge is 0.450 e. The van der Waals surface area contributed by atoms with E-state index in [4.69, 9.17) is 10.5 Å². The minimum absolute atomic E-state index is 0.00310. The number of amides is 1. The van der Waals surface area contributed by atoms with Gasteiger partial charge in [-0.1, -0.05) is 0 Å². The molecule has 1 aliphatic heterocycles. The second-order valence-corrected chi connectivity index (χ2v) is 5.47. The summed E-state index contributed by atoms with van der Waals surface area (Å²) in [6, 6.07) is 0.131. The van der Waals surface area contributed by atoms with Crippen molar-refractivity contribution in [3.05, 3.63) is 18.0 Å². The topological polar surface area (TPSA) is 76.6 Å². The SMILES string of the molecule is CCOC(=O)N1CCN(C(c2cnn(C)c2)C(C)N)CC1. The van der Waals surface area contributed by atoms with Crippen LogP contribution in [0.3, 0.4) is 0 Å². The lowest BCUT2D eigenvalue weighted by molar-refractivity contribution is 0.0618. The number of rotatable bonds is 4. The number of carbonyl (C=O) groups is 1. The van der Waals surface area contributed by atoms with Crippen molar-refractivity contribution in [3.63, 3.8) is 0 Å². The van der Waals surface area contributed by atoms with Crippen molar-refractivity contribution in [2.45, 2.75) is 25.9 Å². The Kier molecular flexibility index (Phi) is 5.19.